The quantitative estimate of drug-likeness (QED) is 0.866. The summed E-state index contributed by atoms with van der Waals surface area (Å²) in [4.78, 5) is 25.8. The van der Waals surface area contributed by atoms with Gasteiger partial charge in [0.15, 0.2) is 0 Å². The Balaban J connectivity index is 1.85. The smallest absolute Gasteiger partial charge is 0.262 e. The molecule has 0 saturated carbocycles. The number of carbonyl (C=O) groups is 2. The van der Waals surface area contributed by atoms with Crippen LogP contribution < -0.4 is 0 Å². The molecule has 0 saturated heterocycles. The van der Waals surface area contributed by atoms with Gasteiger partial charge in [-0.25, -0.2) is 0 Å². The van der Waals surface area contributed by atoms with Crippen molar-refractivity contribution < 1.29 is 9.59 Å². The molecule has 1 N–H and O–H groups in total. The first kappa shape index (κ1) is 12.3. The summed E-state index contributed by atoms with van der Waals surface area (Å²) in [6.45, 7) is 1.82. The second kappa shape index (κ2) is 4.77. The number of nitrogens with one attached hydrogen (secondary N) is 1. The van der Waals surface area contributed by atoms with E-state index in [2.05, 4.69) is 10.2 Å². The first-order valence-electron chi connectivity index (χ1n) is 6.32. The zero-order valence-electron chi connectivity index (χ0n) is 10.9. The number of aromatic nitrogens is 2. The lowest BCUT2D eigenvalue weighted by Gasteiger charge is -2.19. The van der Waals surface area contributed by atoms with Crippen LogP contribution in [0.25, 0.3) is 6.08 Å². The van der Waals surface area contributed by atoms with Crippen LogP contribution >= 0.6 is 0 Å². The summed E-state index contributed by atoms with van der Waals surface area (Å²) in [6, 6.07) is 6.58. The maximum Gasteiger partial charge on any atom is 0.262 e. The average molecular weight is 267 g/mol. The Morgan fingerprint density at radius 3 is 2.40 bits per heavy atom. The number of imide groups is 1. The van der Waals surface area contributed by atoms with Crippen LogP contribution in [-0.2, 0) is 0 Å². The number of hydrogen-bond acceptors (Lipinski definition) is 3. The lowest BCUT2D eigenvalue weighted by atomic mass is 10.1. The lowest BCUT2D eigenvalue weighted by molar-refractivity contribution is 0.0626. The third kappa shape index (κ3) is 1.93. The van der Waals surface area contributed by atoms with Gasteiger partial charge < -0.3 is 0 Å². The van der Waals surface area contributed by atoms with E-state index in [1.54, 1.807) is 36.7 Å². The third-order valence-electron chi connectivity index (χ3n) is 3.32. The summed E-state index contributed by atoms with van der Waals surface area (Å²) in [6.07, 6.45) is 7.06. The van der Waals surface area contributed by atoms with E-state index in [-0.39, 0.29) is 17.9 Å². The Hall–Kier alpha value is -2.69. The van der Waals surface area contributed by atoms with Gasteiger partial charge in [0, 0.05) is 11.8 Å². The molecule has 1 atom stereocenters. The number of hydrogen-bond donors (Lipinski definition) is 1. The van der Waals surface area contributed by atoms with Crippen molar-refractivity contribution >= 4 is 17.9 Å². The molecule has 2 aromatic rings. The number of fused-ring (bicyclic) bond motifs is 1. The van der Waals surface area contributed by atoms with Crippen LogP contribution in [0, 0.1) is 0 Å². The van der Waals surface area contributed by atoms with E-state index in [4.69, 9.17) is 0 Å². The van der Waals surface area contributed by atoms with Crippen LogP contribution in [0.4, 0.5) is 0 Å². The molecule has 5 nitrogen and oxygen atoms in total. The molecule has 0 spiro atoms. The summed E-state index contributed by atoms with van der Waals surface area (Å²) in [5.74, 6) is -0.482. The summed E-state index contributed by atoms with van der Waals surface area (Å²) >= 11 is 0. The molecule has 1 aliphatic rings. The van der Waals surface area contributed by atoms with Gasteiger partial charge in [0.2, 0.25) is 0 Å². The molecule has 0 unspecified atom stereocenters. The minimum Gasteiger partial charge on any atom is -0.285 e. The molecule has 5 heteroatoms. The molecule has 0 radical (unpaired) electrons. The molecule has 0 aliphatic carbocycles. The number of amides is 2. The molecule has 1 aliphatic heterocycles. The van der Waals surface area contributed by atoms with Gasteiger partial charge in [-0.2, -0.15) is 5.10 Å². The van der Waals surface area contributed by atoms with Gasteiger partial charge in [-0.3, -0.25) is 19.6 Å². The van der Waals surface area contributed by atoms with Gasteiger partial charge in [0.05, 0.1) is 23.4 Å². The van der Waals surface area contributed by atoms with Crippen molar-refractivity contribution in [1.82, 2.24) is 15.1 Å². The normalized spacial score (nSPS) is 15.9. The minimum atomic E-state index is -0.308. The number of H-pyrrole nitrogens is 1. The van der Waals surface area contributed by atoms with E-state index in [1.807, 2.05) is 19.1 Å². The van der Waals surface area contributed by atoms with Crippen molar-refractivity contribution in [1.29, 1.82) is 0 Å². The summed E-state index contributed by atoms with van der Waals surface area (Å²) in [7, 11) is 0. The molecular weight excluding hydrogens is 254 g/mol. The molecule has 0 bridgehead atoms. The largest absolute Gasteiger partial charge is 0.285 e. The van der Waals surface area contributed by atoms with Gasteiger partial charge in [-0.1, -0.05) is 24.3 Å². The summed E-state index contributed by atoms with van der Waals surface area (Å²) in [5, 5.41) is 6.54. The summed E-state index contributed by atoms with van der Waals surface area (Å²) in [5.41, 5.74) is 1.84. The molecule has 3 rings (SSSR count). The monoisotopic (exact) mass is 267 g/mol. The third-order valence-corrected chi connectivity index (χ3v) is 3.32. The van der Waals surface area contributed by atoms with E-state index in [0.29, 0.717) is 11.1 Å². The zero-order valence-corrected chi connectivity index (χ0v) is 10.9. The first-order chi connectivity index (χ1) is 9.68. The molecule has 2 heterocycles. The fourth-order valence-corrected chi connectivity index (χ4v) is 2.27. The van der Waals surface area contributed by atoms with Crippen LogP contribution in [0.1, 0.15) is 33.2 Å². The lowest BCUT2D eigenvalue weighted by Crippen LogP contribution is -2.36. The van der Waals surface area contributed by atoms with E-state index in [0.717, 1.165) is 5.56 Å². The fourth-order valence-electron chi connectivity index (χ4n) is 2.27. The predicted molar refractivity (Wildman–Crippen MR) is 74.0 cm³/mol. The maximum absolute atomic E-state index is 12.3. The van der Waals surface area contributed by atoms with Gasteiger partial charge in [0.1, 0.15) is 0 Å². The molecule has 20 heavy (non-hydrogen) atoms. The highest BCUT2D eigenvalue weighted by Gasteiger charge is 2.37. The standard InChI is InChI=1S/C15H13N3O2/c1-10(6-7-11-8-16-17-9-11)18-14(19)12-4-2-3-5-13(12)15(18)20/h2-10H,1H3,(H,16,17)/b7-6+/t10-/m0/s1. The van der Waals surface area contributed by atoms with Gasteiger partial charge >= 0.3 is 0 Å². The van der Waals surface area contributed by atoms with Gasteiger partial charge in [-0.15, -0.1) is 0 Å². The molecule has 1 aromatic heterocycles. The van der Waals surface area contributed by atoms with Crippen LogP contribution in [0.3, 0.4) is 0 Å². The van der Waals surface area contributed by atoms with E-state index in [1.165, 1.54) is 4.90 Å². The number of benzene rings is 1. The highest BCUT2D eigenvalue weighted by Crippen LogP contribution is 2.24. The van der Waals surface area contributed by atoms with Gasteiger partial charge in [0.25, 0.3) is 11.8 Å². The maximum atomic E-state index is 12.3. The molecular formula is C15H13N3O2. The average Bonchev–Trinajstić information content (AvgIpc) is 3.05. The second-order valence-corrected chi connectivity index (χ2v) is 4.66. The number of nitrogens with zero attached hydrogens (tertiary/aromatic N) is 2. The van der Waals surface area contributed by atoms with Crippen molar-refractivity contribution in [3.05, 3.63) is 59.4 Å². The highest BCUT2D eigenvalue weighted by molar-refractivity contribution is 6.21. The van der Waals surface area contributed by atoms with Crippen molar-refractivity contribution in [3.8, 4) is 0 Å². The number of rotatable bonds is 3. The van der Waals surface area contributed by atoms with Gasteiger partial charge in [-0.05, 0) is 19.1 Å². The summed E-state index contributed by atoms with van der Waals surface area (Å²) < 4.78 is 0. The molecule has 0 fully saturated rings. The van der Waals surface area contributed by atoms with Crippen molar-refractivity contribution in [2.24, 2.45) is 0 Å². The van der Waals surface area contributed by atoms with Crippen LogP contribution in [-0.4, -0.2) is 33.0 Å². The minimum absolute atomic E-state index is 0.241. The Bertz CT molecular complexity index is 654. The number of carbonyl (C=O) groups excluding carboxylic acids is 2. The van der Waals surface area contributed by atoms with E-state index >= 15 is 0 Å². The Morgan fingerprint density at radius 1 is 1.20 bits per heavy atom. The first-order valence-corrected chi connectivity index (χ1v) is 6.32. The highest BCUT2D eigenvalue weighted by atomic mass is 16.2. The predicted octanol–water partition coefficient (Wildman–Crippen LogP) is 2.11. The Labute approximate surface area is 115 Å². The topological polar surface area (TPSA) is 66.1 Å². The second-order valence-electron chi connectivity index (χ2n) is 4.66. The number of aromatic amines is 1. The van der Waals surface area contributed by atoms with Crippen molar-refractivity contribution in [2.45, 2.75) is 13.0 Å². The molecule has 1 aromatic carbocycles. The zero-order chi connectivity index (χ0) is 14.1. The van der Waals surface area contributed by atoms with Crippen molar-refractivity contribution in [2.75, 3.05) is 0 Å². The fraction of sp³-hybridized carbons (Fsp3) is 0.133. The van der Waals surface area contributed by atoms with Crippen LogP contribution in [0.2, 0.25) is 0 Å². The molecule has 100 valence electrons. The van der Waals surface area contributed by atoms with Crippen LogP contribution in [0.15, 0.2) is 42.7 Å². The van der Waals surface area contributed by atoms with Crippen molar-refractivity contribution in [3.63, 3.8) is 0 Å². The Morgan fingerprint density at radius 2 is 1.85 bits per heavy atom. The van der Waals surface area contributed by atoms with Crippen LogP contribution in [0.5, 0.6) is 0 Å². The SMILES string of the molecule is C[C@@H](/C=C/c1cn[nH]c1)N1C(=O)c2ccccc2C1=O. The molecule has 2 amide bonds. The Kier molecular flexibility index (Phi) is 2.95. The van der Waals surface area contributed by atoms with E-state index < -0.39 is 0 Å². The van der Waals surface area contributed by atoms with E-state index in [9.17, 15) is 9.59 Å².